The van der Waals surface area contributed by atoms with Gasteiger partial charge in [-0.1, -0.05) is 6.07 Å². The molecule has 2 atom stereocenters. The van der Waals surface area contributed by atoms with Crippen LogP contribution in [-0.2, 0) is 20.5 Å². The maximum absolute atomic E-state index is 13.3. The molecule has 0 unspecified atom stereocenters. The van der Waals surface area contributed by atoms with Gasteiger partial charge in [0.1, 0.15) is 6.04 Å². The number of halogens is 3. The molecular weight excluding hydrogens is 533 g/mol. The van der Waals surface area contributed by atoms with Crippen molar-refractivity contribution in [1.29, 1.82) is 0 Å². The van der Waals surface area contributed by atoms with Crippen LogP contribution in [0.25, 0.3) is 0 Å². The van der Waals surface area contributed by atoms with Crippen molar-refractivity contribution in [3.05, 3.63) is 47.5 Å². The molecule has 40 heavy (non-hydrogen) atoms. The predicted octanol–water partition coefficient (Wildman–Crippen LogP) is 3.26. The zero-order valence-electron chi connectivity index (χ0n) is 22.6. The van der Waals surface area contributed by atoms with Crippen molar-refractivity contribution in [2.75, 3.05) is 59.0 Å². The second kappa shape index (κ2) is 11.9. The third kappa shape index (κ3) is 5.87. The van der Waals surface area contributed by atoms with Crippen molar-refractivity contribution < 1.29 is 41.7 Å². The zero-order chi connectivity index (χ0) is 29.0. The fourth-order valence-corrected chi connectivity index (χ4v) is 4.79. The van der Waals surface area contributed by atoms with Gasteiger partial charge in [0.25, 0.3) is 0 Å². The van der Waals surface area contributed by atoms with Gasteiger partial charge in [-0.2, -0.15) is 13.2 Å². The van der Waals surface area contributed by atoms with Gasteiger partial charge in [0.2, 0.25) is 17.6 Å². The van der Waals surface area contributed by atoms with Crippen LogP contribution in [0.15, 0.2) is 41.4 Å². The van der Waals surface area contributed by atoms with Crippen molar-refractivity contribution in [1.82, 2.24) is 10.2 Å². The summed E-state index contributed by atoms with van der Waals surface area (Å²) in [5.74, 6) is -1.31. The Morgan fingerprint density at radius 3 is 2.17 bits per heavy atom. The number of esters is 1. The normalized spacial score (nSPS) is 19.5. The van der Waals surface area contributed by atoms with E-state index in [1.54, 1.807) is 25.1 Å². The summed E-state index contributed by atoms with van der Waals surface area (Å²) in [6, 6.07) is 7.48. The molecule has 2 aliphatic rings. The molecule has 0 aromatic heterocycles. The highest BCUT2D eigenvalue weighted by Gasteiger charge is 2.43. The van der Waals surface area contributed by atoms with Crippen molar-refractivity contribution in [2.24, 2.45) is 10.9 Å². The Morgan fingerprint density at radius 2 is 1.62 bits per heavy atom. The Morgan fingerprint density at radius 1 is 1.00 bits per heavy atom. The Bertz CT molecular complexity index is 1250. The summed E-state index contributed by atoms with van der Waals surface area (Å²) in [7, 11) is 4.37. The van der Waals surface area contributed by atoms with Gasteiger partial charge in [-0.05, 0) is 42.8 Å². The quantitative estimate of drug-likeness (QED) is 0.404. The first-order chi connectivity index (χ1) is 19.1. The average molecular weight is 565 g/mol. The number of hydrogen-bond donors (Lipinski definition) is 1. The molecule has 0 spiro atoms. The van der Waals surface area contributed by atoms with Gasteiger partial charge in [-0.3, -0.25) is 14.9 Å². The van der Waals surface area contributed by atoms with Crippen LogP contribution in [0.5, 0.6) is 17.2 Å². The molecule has 1 fully saturated rings. The molecule has 0 bridgehead atoms. The van der Waals surface area contributed by atoms with E-state index >= 15 is 0 Å². The van der Waals surface area contributed by atoms with Crippen molar-refractivity contribution in [2.45, 2.75) is 19.1 Å². The van der Waals surface area contributed by atoms with Gasteiger partial charge in [-0.25, -0.2) is 4.99 Å². The lowest BCUT2D eigenvalue weighted by molar-refractivity contribution is -0.153. The number of nitrogens with one attached hydrogen (secondary N) is 1. The molecule has 1 saturated heterocycles. The third-order valence-corrected chi connectivity index (χ3v) is 6.78. The molecule has 13 heteroatoms. The molecular formula is C27H31F3N4O6. The number of nitrogens with zero attached hydrogens (tertiary/aromatic N) is 3. The molecule has 0 radical (unpaired) electrons. The lowest BCUT2D eigenvalue weighted by Crippen LogP contribution is -2.57. The average Bonchev–Trinajstić information content (AvgIpc) is 2.95. The smallest absolute Gasteiger partial charge is 0.416 e. The van der Waals surface area contributed by atoms with E-state index in [0.29, 0.717) is 54.7 Å². The summed E-state index contributed by atoms with van der Waals surface area (Å²) in [5.41, 5.74) is 0.221. The van der Waals surface area contributed by atoms with E-state index in [9.17, 15) is 22.8 Å². The van der Waals surface area contributed by atoms with E-state index in [1.165, 1.54) is 27.4 Å². The maximum atomic E-state index is 13.3. The van der Waals surface area contributed by atoms with Gasteiger partial charge < -0.3 is 28.7 Å². The van der Waals surface area contributed by atoms with Crippen LogP contribution in [-0.4, -0.2) is 76.9 Å². The van der Waals surface area contributed by atoms with Gasteiger partial charge >= 0.3 is 12.1 Å². The number of guanidine groups is 1. The number of benzene rings is 2. The van der Waals surface area contributed by atoms with E-state index in [0.717, 1.165) is 12.1 Å². The second-order valence-corrected chi connectivity index (χ2v) is 9.10. The number of carbonyl (C=O) groups excluding carboxylic acids is 2. The van der Waals surface area contributed by atoms with Crippen LogP contribution in [0.1, 0.15) is 24.1 Å². The monoisotopic (exact) mass is 564 g/mol. The number of anilines is 1. The topological polar surface area (TPSA) is 102 Å². The van der Waals surface area contributed by atoms with E-state index in [1.807, 2.05) is 9.80 Å². The molecule has 4 rings (SSSR count). The highest BCUT2D eigenvalue weighted by molar-refractivity contribution is 6.08. The van der Waals surface area contributed by atoms with Gasteiger partial charge in [-0.15, -0.1) is 0 Å². The Balaban J connectivity index is 1.63. The number of carbonyl (C=O) groups is 2. The number of hydrogen-bond acceptors (Lipinski definition) is 9. The molecule has 0 saturated carbocycles. The number of piperazine rings is 1. The summed E-state index contributed by atoms with van der Waals surface area (Å²) in [6.45, 7) is 3.27. The van der Waals surface area contributed by atoms with Crippen LogP contribution in [0, 0.1) is 5.92 Å². The standard InChI is InChI=1S/C27H31F3N4O6/c1-5-40-25(36)21-22(16-13-19(37-2)23(39-4)20(14-16)38-3)31-26(32-24(21)35)34-11-9-33(10-12-34)18-8-6-7-17(15-18)27(28,29)30/h6-8,13-15,21-22H,5,9-12H2,1-4H3,(H,31,32,35)/t21-,22+/m0/s1. The molecule has 2 heterocycles. The minimum absolute atomic E-state index is 0.0820. The number of methoxy groups -OCH3 is 3. The minimum atomic E-state index is -4.43. The summed E-state index contributed by atoms with van der Waals surface area (Å²) in [4.78, 5) is 34.6. The summed E-state index contributed by atoms with van der Waals surface area (Å²) in [6.07, 6.45) is -4.43. The molecule has 2 aromatic carbocycles. The van der Waals surface area contributed by atoms with Crippen LogP contribution in [0.2, 0.25) is 0 Å². The molecule has 2 aliphatic heterocycles. The minimum Gasteiger partial charge on any atom is -0.493 e. The molecule has 1 amide bonds. The number of rotatable bonds is 7. The van der Waals surface area contributed by atoms with Crippen molar-refractivity contribution in [3.63, 3.8) is 0 Å². The highest BCUT2D eigenvalue weighted by Crippen LogP contribution is 2.42. The molecule has 1 N–H and O–H groups in total. The van der Waals surface area contributed by atoms with Crippen LogP contribution < -0.4 is 24.4 Å². The number of aliphatic imine (C=N–C) groups is 1. The fraction of sp³-hybridized carbons (Fsp3) is 0.444. The first-order valence-corrected chi connectivity index (χ1v) is 12.6. The summed E-state index contributed by atoms with van der Waals surface area (Å²) in [5, 5.41) is 2.72. The van der Waals surface area contributed by atoms with Crippen molar-refractivity contribution >= 4 is 23.5 Å². The van der Waals surface area contributed by atoms with Gasteiger partial charge in [0.05, 0.1) is 33.5 Å². The van der Waals surface area contributed by atoms with Gasteiger partial charge in [0.15, 0.2) is 17.4 Å². The molecule has 0 aliphatic carbocycles. The first-order valence-electron chi connectivity index (χ1n) is 12.6. The third-order valence-electron chi connectivity index (χ3n) is 6.78. The van der Waals surface area contributed by atoms with Crippen LogP contribution in [0.4, 0.5) is 18.9 Å². The Labute approximate surface area is 229 Å². The van der Waals surface area contributed by atoms with Crippen LogP contribution in [0.3, 0.4) is 0 Å². The summed E-state index contributed by atoms with van der Waals surface area (Å²) < 4.78 is 61.0. The first kappa shape index (κ1) is 28.8. The van der Waals surface area contributed by atoms with Crippen LogP contribution >= 0.6 is 0 Å². The van der Waals surface area contributed by atoms with Crippen molar-refractivity contribution in [3.8, 4) is 17.2 Å². The Hall–Kier alpha value is -4.16. The highest BCUT2D eigenvalue weighted by atomic mass is 19.4. The van der Waals surface area contributed by atoms with E-state index in [-0.39, 0.29) is 12.6 Å². The predicted molar refractivity (Wildman–Crippen MR) is 140 cm³/mol. The number of amides is 1. The zero-order valence-corrected chi connectivity index (χ0v) is 22.6. The fourth-order valence-electron chi connectivity index (χ4n) is 4.79. The van der Waals surface area contributed by atoms with E-state index in [2.05, 4.69) is 5.32 Å². The van der Waals surface area contributed by atoms with E-state index in [4.69, 9.17) is 23.9 Å². The largest absolute Gasteiger partial charge is 0.493 e. The SMILES string of the molecule is CCOC(=O)[C@@H]1C(=O)NC(N2CCN(c3cccc(C(F)(F)F)c3)CC2)=N[C@@H]1c1cc(OC)c(OC)c(OC)c1. The summed E-state index contributed by atoms with van der Waals surface area (Å²) >= 11 is 0. The molecule has 2 aromatic rings. The maximum Gasteiger partial charge on any atom is 0.416 e. The second-order valence-electron chi connectivity index (χ2n) is 9.10. The lowest BCUT2D eigenvalue weighted by Gasteiger charge is -2.40. The molecule has 10 nitrogen and oxygen atoms in total. The Kier molecular flexibility index (Phi) is 8.60. The lowest BCUT2D eigenvalue weighted by atomic mass is 9.90. The number of alkyl halides is 3. The number of ether oxygens (including phenoxy) is 4. The van der Waals surface area contributed by atoms with Gasteiger partial charge in [0, 0.05) is 31.9 Å². The van der Waals surface area contributed by atoms with E-state index < -0.39 is 35.6 Å². The molecule has 216 valence electrons.